The van der Waals surface area contributed by atoms with E-state index in [1.54, 1.807) is 0 Å². The third-order valence-corrected chi connectivity index (χ3v) is 4.52. The van der Waals surface area contributed by atoms with Gasteiger partial charge in [0.05, 0.1) is 5.41 Å². The van der Waals surface area contributed by atoms with Gasteiger partial charge in [0.2, 0.25) is 0 Å². The second kappa shape index (κ2) is 7.09. The number of rotatable bonds is 7. The Morgan fingerprint density at radius 1 is 1.33 bits per heavy atom. The van der Waals surface area contributed by atoms with Crippen LogP contribution < -0.4 is 0 Å². The van der Waals surface area contributed by atoms with Crippen LogP contribution in [0.3, 0.4) is 0 Å². The minimum Gasteiger partial charge on any atom is -0.296 e. The normalized spacial score (nSPS) is 18.6. The summed E-state index contributed by atoms with van der Waals surface area (Å²) in [6.45, 7) is -0.628. The van der Waals surface area contributed by atoms with Crippen molar-refractivity contribution in [3.63, 3.8) is 0 Å². The molecule has 2 rings (SSSR count). The molecule has 4 nitrogen and oxygen atoms in total. The molecule has 0 aliphatic heterocycles. The Hall–Kier alpha value is -1.33. The Morgan fingerprint density at radius 2 is 2.00 bits per heavy atom. The molecule has 0 saturated heterocycles. The first-order chi connectivity index (χ1) is 10.1. The van der Waals surface area contributed by atoms with Crippen LogP contribution >= 0.6 is 0 Å². The molecule has 1 unspecified atom stereocenters. The van der Waals surface area contributed by atoms with Crippen molar-refractivity contribution in [2.45, 2.75) is 51.5 Å². The van der Waals surface area contributed by atoms with Crippen LogP contribution in [0.2, 0.25) is 0 Å². The van der Waals surface area contributed by atoms with Gasteiger partial charge >= 0.3 is 0 Å². The standard InChI is InChI=1S/C15H23F2N3O/c1-15(8-16,9-17)14(21)13(20-11-18-10-19-20)7-12-5-3-2-4-6-12/h10-13H,2-9H2,1H3. The highest BCUT2D eigenvalue weighted by atomic mass is 19.1. The lowest BCUT2D eigenvalue weighted by atomic mass is 9.78. The first kappa shape index (κ1) is 16.0. The summed E-state index contributed by atoms with van der Waals surface area (Å²) in [5.41, 5.74) is -1.58. The highest BCUT2D eigenvalue weighted by Gasteiger charge is 2.40. The summed E-state index contributed by atoms with van der Waals surface area (Å²) < 4.78 is 27.8. The number of Topliss-reactive ketones (excluding diaryl/α,β-unsaturated/α-hetero) is 1. The van der Waals surface area contributed by atoms with Gasteiger partial charge in [-0.15, -0.1) is 0 Å². The second-order valence-corrected chi connectivity index (χ2v) is 6.32. The van der Waals surface area contributed by atoms with Crippen LogP contribution in [0.5, 0.6) is 0 Å². The molecule has 1 aliphatic rings. The molecular weight excluding hydrogens is 276 g/mol. The van der Waals surface area contributed by atoms with Gasteiger partial charge in [0.15, 0.2) is 5.78 Å². The van der Waals surface area contributed by atoms with E-state index in [0.29, 0.717) is 12.3 Å². The summed E-state index contributed by atoms with van der Waals surface area (Å²) in [7, 11) is 0. The lowest BCUT2D eigenvalue weighted by Gasteiger charge is -2.30. The minimum absolute atomic E-state index is 0.413. The number of nitrogens with zero attached hydrogens (tertiary/aromatic N) is 3. The van der Waals surface area contributed by atoms with E-state index in [2.05, 4.69) is 10.1 Å². The quantitative estimate of drug-likeness (QED) is 0.776. The van der Waals surface area contributed by atoms with E-state index in [1.807, 2.05) is 0 Å². The maximum atomic E-state index is 13.2. The Bertz CT molecular complexity index is 440. The molecule has 6 heteroatoms. The molecular formula is C15H23F2N3O. The molecule has 1 atom stereocenters. The fourth-order valence-electron chi connectivity index (χ4n) is 3.02. The third kappa shape index (κ3) is 3.66. The van der Waals surface area contributed by atoms with Crippen molar-refractivity contribution in [1.29, 1.82) is 0 Å². The molecule has 0 bridgehead atoms. The molecule has 0 spiro atoms. The summed E-state index contributed by atoms with van der Waals surface area (Å²) in [5, 5.41) is 4.03. The topological polar surface area (TPSA) is 47.8 Å². The Morgan fingerprint density at radius 3 is 2.52 bits per heavy atom. The van der Waals surface area contributed by atoms with Gasteiger partial charge in [-0.3, -0.25) is 4.79 Å². The Labute approximate surface area is 123 Å². The molecule has 118 valence electrons. The van der Waals surface area contributed by atoms with Crippen molar-refractivity contribution in [1.82, 2.24) is 14.8 Å². The predicted octanol–water partition coefficient (Wildman–Crippen LogP) is 3.30. The largest absolute Gasteiger partial charge is 0.296 e. The molecule has 0 amide bonds. The van der Waals surface area contributed by atoms with Crippen molar-refractivity contribution in [3.8, 4) is 0 Å². The molecule has 0 aromatic carbocycles. The zero-order valence-corrected chi connectivity index (χ0v) is 12.5. The zero-order valence-electron chi connectivity index (χ0n) is 12.5. The molecule has 1 aromatic heterocycles. The van der Waals surface area contributed by atoms with Crippen LogP contribution in [0, 0.1) is 11.3 Å². The van der Waals surface area contributed by atoms with Gasteiger partial charge in [0, 0.05) is 0 Å². The molecule has 1 fully saturated rings. The number of hydrogen-bond acceptors (Lipinski definition) is 3. The van der Waals surface area contributed by atoms with Gasteiger partial charge in [-0.25, -0.2) is 18.4 Å². The van der Waals surface area contributed by atoms with Crippen molar-refractivity contribution in [3.05, 3.63) is 12.7 Å². The van der Waals surface area contributed by atoms with Gasteiger partial charge in [-0.2, -0.15) is 5.10 Å². The highest BCUT2D eigenvalue weighted by molar-refractivity contribution is 5.88. The Balaban J connectivity index is 2.18. The summed E-state index contributed by atoms with van der Waals surface area (Å²) >= 11 is 0. The Kier molecular flexibility index (Phi) is 5.42. The van der Waals surface area contributed by atoms with Gasteiger partial charge in [-0.05, 0) is 19.3 Å². The summed E-state index contributed by atoms with van der Waals surface area (Å²) in [5.74, 6) is 0.00365. The van der Waals surface area contributed by atoms with E-state index in [9.17, 15) is 13.6 Å². The first-order valence-electron chi connectivity index (χ1n) is 7.61. The maximum Gasteiger partial charge on any atom is 0.168 e. The van der Waals surface area contributed by atoms with Crippen LogP contribution in [0.4, 0.5) is 8.78 Å². The molecule has 0 radical (unpaired) electrons. The molecule has 1 aromatic rings. The maximum absolute atomic E-state index is 13.2. The third-order valence-electron chi connectivity index (χ3n) is 4.52. The smallest absolute Gasteiger partial charge is 0.168 e. The minimum atomic E-state index is -1.58. The van der Waals surface area contributed by atoms with E-state index < -0.39 is 30.6 Å². The SMILES string of the molecule is CC(CF)(CF)C(=O)C(CC1CCCCC1)n1cncn1. The number of carbonyl (C=O) groups is 1. The van der Waals surface area contributed by atoms with Gasteiger partial charge in [0.25, 0.3) is 0 Å². The fourth-order valence-corrected chi connectivity index (χ4v) is 3.02. The van der Waals surface area contributed by atoms with Crippen molar-refractivity contribution in [2.75, 3.05) is 13.3 Å². The van der Waals surface area contributed by atoms with Crippen LogP contribution in [0.1, 0.15) is 51.5 Å². The average Bonchev–Trinajstić information content (AvgIpc) is 3.06. The summed E-state index contributed by atoms with van der Waals surface area (Å²) in [6, 6.07) is -0.618. The van der Waals surface area contributed by atoms with Gasteiger partial charge in [-0.1, -0.05) is 32.1 Å². The highest BCUT2D eigenvalue weighted by Crippen LogP contribution is 2.34. The van der Waals surface area contributed by atoms with E-state index in [0.717, 1.165) is 25.7 Å². The number of hydrogen-bond donors (Lipinski definition) is 0. The molecule has 21 heavy (non-hydrogen) atoms. The van der Waals surface area contributed by atoms with Crippen molar-refractivity contribution >= 4 is 5.78 Å². The molecule has 1 heterocycles. The number of alkyl halides is 2. The van der Waals surface area contributed by atoms with E-state index in [4.69, 9.17) is 0 Å². The summed E-state index contributed by atoms with van der Waals surface area (Å²) in [4.78, 5) is 16.5. The van der Waals surface area contributed by atoms with Crippen LogP contribution in [0.25, 0.3) is 0 Å². The van der Waals surface area contributed by atoms with Crippen molar-refractivity contribution < 1.29 is 13.6 Å². The lowest BCUT2D eigenvalue weighted by molar-refractivity contribution is -0.134. The first-order valence-corrected chi connectivity index (χ1v) is 7.61. The molecule has 1 aliphatic carbocycles. The van der Waals surface area contributed by atoms with Crippen molar-refractivity contribution in [2.24, 2.45) is 11.3 Å². The van der Waals surface area contributed by atoms with E-state index in [-0.39, 0.29) is 0 Å². The fraction of sp³-hybridized carbons (Fsp3) is 0.800. The second-order valence-electron chi connectivity index (χ2n) is 6.32. The average molecular weight is 299 g/mol. The monoisotopic (exact) mass is 299 g/mol. The number of carbonyl (C=O) groups excluding carboxylic acids is 1. The van der Waals surface area contributed by atoms with Gasteiger partial charge in [0.1, 0.15) is 32.0 Å². The van der Waals surface area contributed by atoms with E-state index in [1.165, 1.54) is 30.7 Å². The zero-order chi connectivity index (χ0) is 15.3. The summed E-state index contributed by atoms with van der Waals surface area (Å²) in [6.07, 6.45) is 9.09. The number of ketones is 1. The molecule has 0 N–H and O–H groups in total. The van der Waals surface area contributed by atoms with Crippen LogP contribution in [0.15, 0.2) is 12.7 Å². The van der Waals surface area contributed by atoms with E-state index >= 15 is 0 Å². The van der Waals surface area contributed by atoms with Crippen LogP contribution in [-0.2, 0) is 4.79 Å². The number of halogens is 2. The predicted molar refractivity (Wildman–Crippen MR) is 75.3 cm³/mol. The lowest BCUT2D eigenvalue weighted by Crippen LogP contribution is -2.39. The number of aromatic nitrogens is 3. The van der Waals surface area contributed by atoms with Gasteiger partial charge < -0.3 is 0 Å². The van der Waals surface area contributed by atoms with Crippen LogP contribution in [-0.4, -0.2) is 33.9 Å². The molecule has 1 saturated carbocycles.